The lowest BCUT2D eigenvalue weighted by atomic mass is 9.65. The summed E-state index contributed by atoms with van der Waals surface area (Å²) < 4.78 is 6.92. The highest BCUT2D eigenvalue weighted by atomic mass is 16.6. The standard InChI is InChI=1S/C29H40O2/c1-29(24-10-15-2-4-17(24)8-15,25-11-16-3-5-18(25)9-16)31-28(30)23-14-21-13-22(23)27-20-7-6-19(12-20)26(21)27/h6-7,15-27H,2-5,8-14H2,1H3. The van der Waals surface area contributed by atoms with Crippen LogP contribution in [0.1, 0.15) is 77.6 Å². The summed E-state index contributed by atoms with van der Waals surface area (Å²) in [6.07, 6.45) is 20.1. The van der Waals surface area contributed by atoms with Gasteiger partial charge in [-0.2, -0.15) is 0 Å². The largest absolute Gasteiger partial charge is 0.459 e. The molecule has 0 aliphatic heterocycles. The van der Waals surface area contributed by atoms with E-state index in [1.165, 1.54) is 64.2 Å². The zero-order valence-corrected chi connectivity index (χ0v) is 19.3. The van der Waals surface area contributed by atoms with Crippen molar-refractivity contribution in [2.45, 2.75) is 83.2 Å². The number of ether oxygens (including phenoxy) is 1. The molecule has 168 valence electrons. The van der Waals surface area contributed by atoms with E-state index >= 15 is 0 Å². The summed E-state index contributed by atoms with van der Waals surface area (Å²) in [7, 11) is 0. The normalized spacial score (nSPS) is 58.9. The maximum Gasteiger partial charge on any atom is 0.309 e. The summed E-state index contributed by atoms with van der Waals surface area (Å²) in [6, 6.07) is 0. The number of esters is 1. The predicted octanol–water partition coefficient (Wildman–Crippen LogP) is 6.26. The average molecular weight is 421 g/mol. The second-order valence-electron chi connectivity index (χ2n) is 13.8. The van der Waals surface area contributed by atoms with Gasteiger partial charge in [-0.05, 0) is 124 Å². The van der Waals surface area contributed by atoms with Gasteiger partial charge < -0.3 is 4.74 Å². The van der Waals surface area contributed by atoms with Gasteiger partial charge in [-0.25, -0.2) is 0 Å². The van der Waals surface area contributed by atoms with Gasteiger partial charge in [-0.15, -0.1) is 0 Å². The zero-order chi connectivity index (χ0) is 20.5. The first-order valence-corrected chi connectivity index (χ1v) is 14.0. The molecule has 2 heteroatoms. The second kappa shape index (κ2) is 6.20. The number of allylic oxidation sites excluding steroid dienone is 2. The van der Waals surface area contributed by atoms with Crippen molar-refractivity contribution in [2.75, 3.05) is 0 Å². The van der Waals surface area contributed by atoms with Crippen LogP contribution < -0.4 is 0 Å². The van der Waals surface area contributed by atoms with E-state index in [1.807, 2.05) is 0 Å². The van der Waals surface area contributed by atoms with E-state index < -0.39 is 0 Å². The van der Waals surface area contributed by atoms with Crippen molar-refractivity contribution in [3.63, 3.8) is 0 Å². The highest BCUT2D eigenvalue weighted by Gasteiger charge is 2.64. The summed E-state index contributed by atoms with van der Waals surface area (Å²) in [4.78, 5) is 13.9. The molecule has 0 spiro atoms. The lowest BCUT2D eigenvalue weighted by molar-refractivity contribution is -0.187. The molecule has 0 aromatic heterocycles. The summed E-state index contributed by atoms with van der Waals surface area (Å²) in [5, 5.41) is 0. The highest BCUT2D eigenvalue weighted by Crippen LogP contribution is 2.68. The highest BCUT2D eigenvalue weighted by molar-refractivity contribution is 5.74. The van der Waals surface area contributed by atoms with Crippen molar-refractivity contribution in [3.05, 3.63) is 12.2 Å². The van der Waals surface area contributed by atoms with Gasteiger partial charge in [0.2, 0.25) is 0 Å². The van der Waals surface area contributed by atoms with Crippen molar-refractivity contribution in [1.82, 2.24) is 0 Å². The first-order chi connectivity index (χ1) is 15.1. The first kappa shape index (κ1) is 18.6. The Morgan fingerprint density at radius 2 is 1.39 bits per heavy atom. The van der Waals surface area contributed by atoms with Crippen molar-refractivity contribution in [3.8, 4) is 0 Å². The monoisotopic (exact) mass is 420 g/mol. The molecule has 0 heterocycles. The van der Waals surface area contributed by atoms with Crippen molar-refractivity contribution in [2.24, 2.45) is 76.9 Å². The van der Waals surface area contributed by atoms with Crippen LogP contribution >= 0.6 is 0 Å². The Bertz CT molecular complexity index is 801. The van der Waals surface area contributed by atoms with E-state index in [4.69, 9.17) is 4.74 Å². The van der Waals surface area contributed by atoms with Crippen LogP contribution in [0.2, 0.25) is 0 Å². The van der Waals surface area contributed by atoms with E-state index in [-0.39, 0.29) is 17.5 Å². The fraction of sp³-hybridized carbons (Fsp3) is 0.897. The molecule has 0 amide bonds. The van der Waals surface area contributed by atoms with Gasteiger partial charge in [0.25, 0.3) is 0 Å². The van der Waals surface area contributed by atoms with Crippen LogP contribution in [0.15, 0.2) is 12.2 Å². The Balaban J connectivity index is 1.07. The molecule has 13 atom stereocenters. The SMILES string of the molecule is CC(OC(=O)C1CC2CC1C1C3C=CC(C3)C21)(C1CC2CCC1C2)C1CC2CCC1C2. The van der Waals surface area contributed by atoms with Gasteiger partial charge in [0.1, 0.15) is 5.60 Å². The Hall–Kier alpha value is -0.790. The topological polar surface area (TPSA) is 26.3 Å². The van der Waals surface area contributed by atoms with Crippen LogP contribution in [-0.2, 0) is 9.53 Å². The smallest absolute Gasteiger partial charge is 0.309 e. The molecule has 8 aliphatic carbocycles. The maximum absolute atomic E-state index is 13.9. The third-order valence-corrected chi connectivity index (χ3v) is 12.8. The lowest BCUT2D eigenvalue weighted by Crippen LogP contribution is -2.51. The Morgan fingerprint density at radius 1 is 0.742 bits per heavy atom. The third-order valence-electron chi connectivity index (χ3n) is 12.8. The van der Waals surface area contributed by atoms with Gasteiger partial charge in [0, 0.05) is 11.8 Å². The van der Waals surface area contributed by atoms with Gasteiger partial charge in [0.05, 0.1) is 5.92 Å². The number of carbonyl (C=O) groups is 1. The molecule has 13 unspecified atom stereocenters. The zero-order valence-electron chi connectivity index (χ0n) is 19.3. The predicted molar refractivity (Wildman–Crippen MR) is 120 cm³/mol. The molecule has 31 heavy (non-hydrogen) atoms. The van der Waals surface area contributed by atoms with Crippen LogP contribution in [0.25, 0.3) is 0 Å². The lowest BCUT2D eigenvalue weighted by Gasteiger charge is -2.47. The molecule has 0 N–H and O–H groups in total. The number of hydrogen-bond acceptors (Lipinski definition) is 2. The first-order valence-electron chi connectivity index (χ1n) is 14.0. The summed E-state index contributed by atoms with van der Waals surface area (Å²) in [5.41, 5.74) is -0.174. The number of fused-ring (bicyclic) bond motifs is 13. The number of carbonyl (C=O) groups excluding carboxylic acids is 1. The van der Waals surface area contributed by atoms with Gasteiger partial charge in [-0.1, -0.05) is 25.0 Å². The van der Waals surface area contributed by atoms with Crippen LogP contribution in [0.3, 0.4) is 0 Å². The molecule has 0 aromatic rings. The van der Waals surface area contributed by atoms with Gasteiger partial charge in [-0.3, -0.25) is 4.79 Å². The van der Waals surface area contributed by atoms with Crippen LogP contribution in [-0.4, -0.2) is 11.6 Å². The minimum absolute atomic E-state index is 0.174. The molecule has 8 aliphatic rings. The van der Waals surface area contributed by atoms with E-state index in [0.29, 0.717) is 17.8 Å². The molecule has 2 nitrogen and oxygen atoms in total. The van der Waals surface area contributed by atoms with E-state index in [0.717, 1.165) is 59.7 Å². The molecular weight excluding hydrogens is 380 g/mol. The molecule has 8 rings (SSSR count). The quantitative estimate of drug-likeness (QED) is 0.305. The molecular formula is C29H40O2. The minimum Gasteiger partial charge on any atom is -0.459 e. The molecule has 8 bridgehead atoms. The van der Waals surface area contributed by atoms with E-state index in [9.17, 15) is 4.79 Å². The summed E-state index contributed by atoms with van der Waals surface area (Å²) >= 11 is 0. The van der Waals surface area contributed by atoms with Crippen LogP contribution in [0.5, 0.6) is 0 Å². The summed E-state index contributed by atoms with van der Waals surface area (Å²) in [5.74, 6) is 10.1. The minimum atomic E-state index is -0.174. The van der Waals surface area contributed by atoms with Crippen LogP contribution in [0.4, 0.5) is 0 Å². The Morgan fingerprint density at radius 3 is 1.97 bits per heavy atom. The third kappa shape index (κ3) is 2.39. The maximum atomic E-state index is 13.9. The Kier molecular flexibility index (Phi) is 3.73. The van der Waals surface area contributed by atoms with Crippen molar-refractivity contribution in [1.29, 1.82) is 0 Å². The van der Waals surface area contributed by atoms with Crippen molar-refractivity contribution >= 4 is 5.97 Å². The number of hydrogen-bond donors (Lipinski definition) is 0. The summed E-state index contributed by atoms with van der Waals surface area (Å²) in [6.45, 7) is 2.43. The molecule has 0 saturated heterocycles. The molecule has 7 saturated carbocycles. The Labute approximate surface area is 187 Å². The van der Waals surface area contributed by atoms with E-state index in [2.05, 4.69) is 19.1 Å². The second-order valence-corrected chi connectivity index (χ2v) is 13.8. The fourth-order valence-electron chi connectivity index (χ4n) is 11.9. The molecule has 7 fully saturated rings. The van der Waals surface area contributed by atoms with Crippen molar-refractivity contribution < 1.29 is 9.53 Å². The van der Waals surface area contributed by atoms with Gasteiger partial charge >= 0.3 is 5.97 Å². The fourth-order valence-corrected chi connectivity index (χ4v) is 11.9. The molecule has 0 radical (unpaired) electrons. The van der Waals surface area contributed by atoms with Gasteiger partial charge in [0.15, 0.2) is 0 Å². The molecule has 0 aromatic carbocycles. The number of rotatable bonds is 4. The average Bonchev–Trinajstić information content (AvgIpc) is 3.63. The van der Waals surface area contributed by atoms with Crippen LogP contribution in [0, 0.1) is 76.9 Å². The van der Waals surface area contributed by atoms with E-state index in [1.54, 1.807) is 0 Å².